The number of esters is 1. The van der Waals surface area contributed by atoms with Crippen LogP contribution in [0.2, 0.25) is 0 Å². The van der Waals surface area contributed by atoms with Crippen molar-refractivity contribution in [2.45, 2.75) is 19.4 Å². The van der Waals surface area contributed by atoms with E-state index in [9.17, 15) is 24.5 Å². The molecule has 1 aliphatic heterocycles. The highest BCUT2D eigenvalue weighted by molar-refractivity contribution is 6.02. The molecule has 28 heavy (non-hydrogen) atoms. The molecule has 8 nitrogen and oxygen atoms in total. The third kappa shape index (κ3) is 4.06. The maximum Gasteiger partial charge on any atom is 0.312 e. The second-order valence-electron chi connectivity index (χ2n) is 6.49. The van der Waals surface area contributed by atoms with E-state index in [1.165, 1.54) is 30.0 Å². The van der Waals surface area contributed by atoms with Gasteiger partial charge in [0, 0.05) is 30.7 Å². The lowest BCUT2D eigenvalue weighted by atomic mass is 10.1. The fraction of sp³-hybridized carbons (Fsp3) is 0.250. The second kappa shape index (κ2) is 7.99. The predicted molar refractivity (Wildman–Crippen MR) is 99.9 cm³/mol. The van der Waals surface area contributed by atoms with Gasteiger partial charge in [-0.2, -0.15) is 0 Å². The number of Topliss-reactive ketones (excluding diaryl/α,β-unsaturated/α-hetero) is 1. The zero-order valence-electron chi connectivity index (χ0n) is 15.1. The van der Waals surface area contributed by atoms with E-state index in [2.05, 4.69) is 0 Å². The van der Waals surface area contributed by atoms with Gasteiger partial charge in [-0.15, -0.1) is 0 Å². The fourth-order valence-corrected chi connectivity index (χ4v) is 3.05. The zero-order valence-corrected chi connectivity index (χ0v) is 15.1. The summed E-state index contributed by atoms with van der Waals surface area (Å²) < 4.78 is 5.27. The molecule has 2 aromatic rings. The molecule has 8 heteroatoms. The van der Waals surface area contributed by atoms with Gasteiger partial charge in [0.25, 0.3) is 5.69 Å². The molecule has 2 atom stereocenters. The van der Waals surface area contributed by atoms with E-state index in [-0.39, 0.29) is 30.3 Å². The molecule has 0 N–H and O–H groups in total. The van der Waals surface area contributed by atoms with Crippen LogP contribution in [0, 0.1) is 16.0 Å². The Morgan fingerprint density at radius 1 is 1.18 bits per heavy atom. The first-order valence-electron chi connectivity index (χ1n) is 8.71. The number of benzene rings is 2. The molecule has 1 fully saturated rings. The first-order valence-corrected chi connectivity index (χ1v) is 8.71. The fourth-order valence-electron chi connectivity index (χ4n) is 3.05. The average molecular weight is 382 g/mol. The van der Waals surface area contributed by atoms with Crippen LogP contribution in [0.15, 0.2) is 54.6 Å². The molecule has 3 rings (SSSR count). The van der Waals surface area contributed by atoms with Crippen molar-refractivity contribution in [3.05, 3.63) is 70.3 Å². The van der Waals surface area contributed by atoms with Gasteiger partial charge in [0.05, 0.1) is 16.5 Å². The van der Waals surface area contributed by atoms with Crippen LogP contribution < -0.4 is 4.90 Å². The number of carbonyl (C=O) groups excluding carboxylic acids is 3. The zero-order chi connectivity index (χ0) is 20.3. The first kappa shape index (κ1) is 19.2. The number of non-ortho nitro benzene ring substituents is 1. The lowest BCUT2D eigenvalue weighted by Gasteiger charge is -2.17. The number of anilines is 1. The Morgan fingerprint density at radius 2 is 1.89 bits per heavy atom. The molecule has 0 aliphatic carbocycles. The predicted octanol–water partition coefficient (Wildman–Crippen LogP) is 2.76. The van der Waals surface area contributed by atoms with E-state index in [4.69, 9.17) is 4.74 Å². The van der Waals surface area contributed by atoms with Crippen molar-refractivity contribution in [2.24, 2.45) is 5.92 Å². The third-order valence-corrected chi connectivity index (χ3v) is 4.53. The molecule has 0 radical (unpaired) electrons. The molecule has 0 unspecified atom stereocenters. The van der Waals surface area contributed by atoms with E-state index in [0.29, 0.717) is 11.3 Å². The van der Waals surface area contributed by atoms with Gasteiger partial charge in [0.1, 0.15) is 0 Å². The van der Waals surface area contributed by atoms with E-state index >= 15 is 0 Å². The third-order valence-electron chi connectivity index (χ3n) is 4.53. The topological polar surface area (TPSA) is 107 Å². The summed E-state index contributed by atoms with van der Waals surface area (Å²) in [6, 6.07) is 14.1. The molecule has 1 aliphatic rings. The van der Waals surface area contributed by atoms with Crippen molar-refractivity contribution in [2.75, 3.05) is 11.4 Å². The maximum atomic E-state index is 12.4. The molecule has 1 saturated heterocycles. The van der Waals surface area contributed by atoms with Gasteiger partial charge in [-0.1, -0.05) is 36.4 Å². The number of carbonyl (C=O) groups is 3. The molecule has 0 aromatic heterocycles. The van der Waals surface area contributed by atoms with Gasteiger partial charge in [-0.3, -0.25) is 24.5 Å². The van der Waals surface area contributed by atoms with Crippen molar-refractivity contribution in [1.29, 1.82) is 0 Å². The molecule has 1 amide bonds. The summed E-state index contributed by atoms with van der Waals surface area (Å²) in [4.78, 5) is 48.7. The Balaban J connectivity index is 1.66. The molecule has 2 aromatic carbocycles. The minimum Gasteiger partial charge on any atom is -0.454 e. The molecule has 1 heterocycles. The smallest absolute Gasteiger partial charge is 0.312 e. The van der Waals surface area contributed by atoms with Gasteiger partial charge >= 0.3 is 5.97 Å². The lowest BCUT2D eigenvalue weighted by molar-refractivity contribution is -0.384. The quantitative estimate of drug-likeness (QED) is 0.329. The van der Waals surface area contributed by atoms with E-state index in [1.807, 2.05) is 0 Å². The maximum absolute atomic E-state index is 12.4. The monoisotopic (exact) mass is 382 g/mol. The number of hydrogen-bond donors (Lipinski definition) is 0. The van der Waals surface area contributed by atoms with Gasteiger partial charge in [-0.25, -0.2) is 0 Å². The van der Waals surface area contributed by atoms with Crippen molar-refractivity contribution in [1.82, 2.24) is 0 Å². The number of ketones is 1. The average Bonchev–Trinajstić information content (AvgIpc) is 3.10. The largest absolute Gasteiger partial charge is 0.454 e. The first-order chi connectivity index (χ1) is 13.4. The van der Waals surface area contributed by atoms with Crippen LogP contribution in [0.4, 0.5) is 11.4 Å². The highest BCUT2D eigenvalue weighted by Gasteiger charge is 2.37. The van der Waals surface area contributed by atoms with Gasteiger partial charge < -0.3 is 9.64 Å². The summed E-state index contributed by atoms with van der Waals surface area (Å²) >= 11 is 0. The molecular formula is C20H18N2O6. The number of rotatable bonds is 6. The number of hydrogen-bond acceptors (Lipinski definition) is 6. The summed E-state index contributed by atoms with van der Waals surface area (Å²) in [5.74, 6) is -2.03. The Labute approximate surface area is 160 Å². The number of nitro groups is 1. The normalized spacial score (nSPS) is 17.2. The molecule has 144 valence electrons. The van der Waals surface area contributed by atoms with E-state index < -0.39 is 22.9 Å². The minimum absolute atomic E-state index is 0.0467. The molecule has 0 bridgehead atoms. The Kier molecular flexibility index (Phi) is 5.49. The summed E-state index contributed by atoms with van der Waals surface area (Å²) in [6.45, 7) is 1.54. The van der Waals surface area contributed by atoms with Crippen LogP contribution in [-0.4, -0.2) is 35.2 Å². The number of ether oxygens (including phenoxy) is 1. The lowest BCUT2D eigenvalue weighted by Crippen LogP contribution is -2.30. The SMILES string of the molecule is C[C@H](OC(=O)[C@@H]1CC(=O)N(c2cccc([N+](=O)[O-])c2)C1)C(=O)c1ccccc1. The number of nitrogens with zero attached hydrogens (tertiary/aromatic N) is 2. The number of amides is 1. The van der Waals surface area contributed by atoms with Gasteiger partial charge in [0.15, 0.2) is 6.10 Å². The van der Waals surface area contributed by atoms with Crippen molar-refractivity contribution >= 4 is 29.0 Å². The Morgan fingerprint density at radius 3 is 2.57 bits per heavy atom. The van der Waals surface area contributed by atoms with Crippen LogP contribution in [-0.2, 0) is 14.3 Å². The number of nitro benzene ring substituents is 1. The van der Waals surface area contributed by atoms with Crippen LogP contribution in [0.3, 0.4) is 0 Å². The van der Waals surface area contributed by atoms with Crippen LogP contribution in [0.1, 0.15) is 23.7 Å². The van der Waals surface area contributed by atoms with Crippen LogP contribution in [0.5, 0.6) is 0 Å². The molecular weight excluding hydrogens is 364 g/mol. The van der Waals surface area contributed by atoms with Crippen LogP contribution >= 0.6 is 0 Å². The van der Waals surface area contributed by atoms with E-state index in [1.54, 1.807) is 36.4 Å². The molecule has 0 saturated carbocycles. The summed E-state index contributed by atoms with van der Waals surface area (Å²) in [5, 5.41) is 10.9. The summed E-state index contributed by atoms with van der Waals surface area (Å²) in [6.07, 6.45) is -1.05. The second-order valence-corrected chi connectivity index (χ2v) is 6.49. The van der Waals surface area contributed by atoms with E-state index in [0.717, 1.165) is 0 Å². The van der Waals surface area contributed by atoms with Gasteiger partial charge in [0.2, 0.25) is 11.7 Å². The van der Waals surface area contributed by atoms with Crippen LogP contribution in [0.25, 0.3) is 0 Å². The minimum atomic E-state index is -0.975. The summed E-state index contributed by atoms with van der Waals surface area (Å²) in [5.41, 5.74) is 0.643. The standard InChI is InChI=1S/C20H18N2O6/c1-13(19(24)14-6-3-2-4-7-14)28-20(25)15-10-18(23)21(12-15)16-8-5-9-17(11-16)22(26)27/h2-9,11,13,15H,10,12H2,1H3/t13-,15+/m0/s1. The molecule has 0 spiro atoms. The Bertz CT molecular complexity index is 927. The van der Waals surface area contributed by atoms with Crippen molar-refractivity contribution in [3.8, 4) is 0 Å². The highest BCUT2D eigenvalue weighted by atomic mass is 16.6. The van der Waals surface area contributed by atoms with Gasteiger partial charge in [-0.05, 0) is 13.0 Å². The van der Waals surface area contributed by atoms with Crippen molar-refractivity contribution < 1.29 is 24.0 Å². The summed E-state index contributed by atoms with van der Waals surface area (Å²) in [7, 11) is 0. The Hall–Kier alpha value is -3.55. The highest BCUT2D eigenvalue weighted by Crippen LogP contribution is 2.28. The van der Waals surface area contributed by atoms with Crippen molar-refractivity contribution in [3.63, 3.8) is 0 Å².